The minimum Gasteiger partial charge on any atom is -0.508 e. The first kappa shape index (κ1) is 19.5. The Hall–Kier alpha value is -3.78. The molecule has 0 bridgehead atoms. The number of nitrogens with zero attached hydrogens (tertiary/aromatic N) is 2. The summed E-state index contributed by atoms with van der Waals surface area (Å²) in [4.78, 5) is 17.9. The van der Waals surface area contributed by atoms with Crippen LogP contribution in [-0.2, 0) is 0 Å². The second-order valence-corrected chi connectivity index (χ2v) is 7.60. The van der Waals surface area contributed by atoms with Gasteiger partial charge in [0.05, 0.1) is 16.6 Å². The van der Waals surface area contributed by atoms with Gasteiger partial charge in [0.2, 0.25) is 0 Å². The number of benzene rings is 1. The SMILES string of the molecule is N=C(CC(NC(=O)c1cc(-c2cccs2)[nH]n1)c1ccccc1O)c1cccnc1. The maximum Gasteiger partial charge on any atom is 0.272 e. The summed E-state index contributed by atoms with van der Waals surface area (Å²) in [6.45, 7) is 0. The lowest BCUT2D eigenvalue weighted by atomic mass is 9.97. The van der Waals surface area contributed by atoms with Crippen LogP contribution in [0.1, 0.15) is 34.1 Å². The number of para-hydroxylation sites is 1. The number of carbonyl (C=O) groups excluding carboxylic acids is 1. The maximum absolute atomic E-state index is 12.9. The van der Waals surface area contributed by atoms with E-state index in [2.05, 4.69) is 20.5 Å². The van der Waals surface area contributed by atoms with Crippen LogP contribution in [0.25, 0.3) is 10.6 Å². The van der Waals surface area contributed by atoms with Crippen LogP contribution < -0.4 is 5.32 Å². The molecular formula is C22H19N5O2S. The van der Waals surface area contributed by atoms with Crippen molar-refractivity contribution in [3.63, 3.8) is 0 Å². The molecule has 1 aromatic carbocycles. The van der Waals surface area contributed by atoms with E-state index in [-0.39, 0.29) is 23.8 Å². The van der Waals surface area contributed by atoms with Crippen LogP contribution in [0.2, 0.25) is 0 Å². The standard InChI is InChI=1S/C22H19N5O2S/c23-16(14-5-3-9-24-13-14)11-17(15-6-1-2-7-20(15)28)25-22(29)19-12-18(26-27-19)21-8-4-10-30-21/h1-10,12-13,17,23,28H,11H2,(H,25,29)(H,26,27). The van der Waals surface area contributed by atoms with Crippen molar-refractivity contribution in [3.8, 4) is 16.3 Å². The summed E-state index contributed by atoms with van der Waals surface area (Å²) >= 11 is 1.55. The first-order valence-electron chi connectivity index (χ1n) is 9.27. The molecule has 0 aliphatic carbocycles. The Bertz CT molecular complexity index is 1160. The molecule has 0 radical (unpaired) electrons. The maximum atomic E-state index is 12.9. The van der Waals surface area contributed by atoms with Crippen molar-refractivity contribution in [3.05, 3.63) is 89.2 Å². The number of phenols is 1. The number of pyridine rings is 1. The quantitative estimate of drug-likeness (QED) is 0.338. The van der Waals surface area contributed by atoms with Crippen LogP contribution in [-0.4, -0.2) is 31.9 Å². The zero-order valence-corrected chi connectivity index (χ0v) is 16.7. The number of phenolic OH excluding ortho intramolecular Hbond substituents is 1. The Labute approximate surface area is 177 Å². The molecule has 0 aliphatic heterocycles. The molecule has 0 saturated carbocycles. The van der Waals surface area contributed by atoms with E-state index in [0.717, 1.165) is 10.6 Å². The van der Waals surface area contributed by atoms with Gasteiger partial charge in [-0.2, -0.15) is 5.10 Å². The topological polar surface area (TPSA) is 115 Å². The molecule has 3 heterocycles. The highest BCUT2D eigenvalue weighted by atomic mass is 32.1. The molecule has 1 atom stereocenters. The van der Waals surface area contributed by atoms with Crippen molar-refractivity contribution in [2.45, 2.75) is 12.5 Å². The number of aromatic nitrogens is 3. The molecule has 4 aromatic rings. The van der Waals surface area contributed by atoms with E-state index < -0.39 is 6.04 Å². The molecule has 0 aliphatic rings. The van der Waals surface area contributed by atoms with E-state index in [1.54, 1.807) is 66.2 Å². The third kappa shape index (κ3) is 4.28. The van der Waals surface area contributed by atoms with E-state index in [1.807, 2.05) is 17.5 Å². The molecule has 1 amide bonds. The molecule has 0 spiro atoms. The molecule has 7 nitrogen and oxygen atoms in total. The molecule has 3 aromatic heterocycles. The van der Waals surface area contributed by atoms with E-state index in [0.29, 0.717) is 16.8 Å². The second kappa shape index (κ2) is 8.71. The Morgan fingerprint density at radius 3 is 2.80 bits per heavy atom. The molecule has 0 fully saturated rings. The lowest BCUT2D eigenvalue weighted by Crippen LogP contribution is -2.30. The molecule has 8 heteroatoms. The van der Waals surface area contributed by atoms with Crippen LogP contribution in [0.4, 0.5) is 0 Å². The van der Waals surface area contributed by atoms with Gasteiger partial charge < -0.3 is 15.8 Å². The van der Waals surface area contributed by atoms with Crippen LogP contribution >= 0.6 is 11.3 Å². The van der Waals surface area contributed by atoms with E-state index in [9.17, 15) is 9.90 Å². The number of amides is 1. The fraction of sp³-hybridized carbons (Fsp3) is 0.0909. The first-order valence-corrected chi connectivity index (χ1v) is 10.2. The lowest BCUT2D eigenvalue weighted by Gasteiger charge is -2.20. The van der Waals surface area contributed by atoms with Crippen LogP contribution in [0, 0.1) is 5.41 Å². The third-order valence-corrected chi connectivity index (χ3v) is 5.54. The van der Waals surface area contributed by atoms with Crippen LogP contribution in [0.5, 0.6) is 5.75 Å². The summed E-state index contributed by atoms with van der Waals surface area (Å²) in [5.41, 5.74) is 2.50. The minimum atomic E-state index is -0.603. The smallest absolute Gasteiger partial charge is 0.272 e. The monoisotopic (exact) mass is 417 g/mol. The predicted octanol–water partition coefficient (Wildman–Crippen LogP) is 4.17. The Morgan fingerprint density at radius 1 is 1.20 bits per heavy atom. The van der Waals surface area contributed by atoms with Gasteiger partial charge in [0.15, 0.2) is 5.69 Å². The molecule has 30 heavy (non-hydrogen) atoms. The summed E-state index contributed by atoms with van der Waals surface area (Å²) in [6.07, 6.45) is 3.44. The van der Waals surface area contributed by atoms with Crippen LogP contribution in [0.15, 0.2) is 72.4 Å². The summed E-state index contributed by atoms with van der Waals surface area (Å²) in [5, 5.41) is 30.6. The van der Waals surface area contributed by atoms with Gasteiger partial charge >= 0.3 is 0 Å². The molecule has 150 valence electrons. The highest BCUT2D eigenvalue weighted by molar-refractivity contribution is 7.13. The predicted molar refractivity (Wildman–Crippen MR) is 116 cm³/mol. The number of aromatic hydroxyl groups is 1. The van der Waals surface area contributed by atoms with Crippen molar-refractivity contribution < 1.29 is 9.90 Å². The highest BCUT2D eigenvalue weighted by Crippen LogP contribution is 2.28. The zero-order chi connectivity index (χ0) is 20.9. The number of hydrogen-bond acceptors (Lipinski definition) is 6. The van der Waals surface area contributed by atoms with Gasteiger partial charge in [-0.25, -0.2) is 0 Å². The number of aromatic amines is 1. The van der Waals surface area contributed by atoms with Crippen molar-refractivity contribution in [2.75, 3.05) is 0 Å². The number of hydrogen-bond donors (Lipinski definition) is 4. The number of nitrogens with one attached hydrogen (secondary N) is 3. The summed E-state index contributed by atoms with van der Waals surface area (Å²) in [5.74, 6) is -0.329. The third-order valence-electron chi connectivity index (χ3n) is 4.63. The zero-order valence-electron chi connectivity index (χ0n) is 15.9. The Morgan fingerprint density at radius 2 is 2.07 bits per heavy atom. The van der Waals surface area contributed by atoms with Gasteiger partial charge in [0.25, 0.3) is 5.91 Å². The fourth-order valence-electron chi connectivity index (χ4n) is 3.11. The lowest BCUT2D eigenvalue weighted by molar-refractivity contribution is 0.0932. The molecule has 4 rings (SSSR count). The van der Waals surface area contributed by atoms with E-state index in [1.165, 1.54) is 0 Å². The largest absolute Gasteiger partial charge is 0.508 e. The molecular weight excluding hydrogens is 398 g/mol. The van der Waals surface area contributed by atoms with Crippen molar-refractivity contribution in [1.82, 2.24) is 20.5 Å². The Kier molecular flexibility index (Phi) is 5.67. The number of carbonyl (C=O) groups is 1. The van der Waals surface area contributed by atoms with Gasteiger partial charge in [-0.3, -0.25) is 14.9 Å². The van der Waals surface area contributed by atoms with Crippen LogP contribution in [0.3, 0.4) is 0 Å². The number of H-pyrrole nitrogens is 1. The summed E-state index contributed by atoms with van der Waals surface area (Å²) < 4.78 is 0. The average Bonchev–Trinajstić information content (AvgIpc) is 3.46. The fourth-order valence-corrected chi connectivity index (χ4v) is 3.80. The normalized spacial score (nSPS) is 11.7. The minimum absolute atomic E-state index is 0.0584. The van der Waals surface area contributed by atoms with Gasteiger partial charge in [-0.05, 0) is 29.6 Å². The summed E-state index contributed by atoms with van der Waals surface area (Å²) in [6, 6.07) is 15.3. The van der Waals surface area contributed by atoms with Gasteiger partial charge in [0, 0.05) is 35.7 Å². The molecule has 4 N–H and O–H groups in total. The van der Waals surface area contributed by atoms with Gasteiger partial charge in [-0.1, -0.05) is 30.3 Å². The first-order chi connectivity index (χ1) is 14.6. The average molecular weight is 417 g/mol. The van der Waals surface area contributed by atoms with E-state index >= 15 is 0 Å². The molecule has 1 unspecified atom stereocenters. The van der Waals surface area contributed by atoms with Gasteiger partial charge in [0.1, 0.15) is 5.75 Å². The van der Waals surface area contributed by atoms with Crippen molar-refractivity contribution in [2.24, 2.45) is 0 Å². The van der Waals surface area contributed by atoms with Gasteiger partial charge in [-0.15, -0.1) is 11.3 Å². The Balaban J connectivity index is 1.57. The number of thiophene rings is 1. The van der Waals surface area contributed by atoms with Crippen molar-refractivity contribution >= 4 is 23.0 Å². The summed E-state index contributed by atoms with van der Waals surface area (Å²) in [7, 11) is 0. The molecule has 0 saturated heterocycles. The van der Waals surface area contributed by atoms with E-state index in [4.69, 9.17) is 5.41 Å². The second-order valence-electron chi connectivity index (χ2n) is 6.65. The number of rotatable bonds is 7. The van der Waals surface area contributed by atoms with Crippen molar-refractivity contribution in [1.29, 1.82) is 5.41 Å². The highest BCUT2D eigenvalue weighted by Gasteiger charge is 2.22.